The molecule has 3 aromatic heterocycles. The molecule has 32 heavy (non-hydrogen) atoms. The standard InChI is InChI=1S/C22H23ClN8.ClH/c1-29-9-11-30(12-10-29)20-21-26-15-19(31(21)8-7-24-20)18-5-6-25-22(28-18)27-14-16-3-2-4-17(23)13-16;/h2-8,13,15H,9-12,14H2,1H3,(H,25,27,28);1H. The monoisotopic (exact) mass is 470 g/mol. The van der Waals surface area contributed by atoms with Gasteiger partial charge >= 0.3 is 0 Å². The first kappa shape index (κ1) is 22.3. The summed E-state index contributed by atoms with van der Waals surface area (Å²) in [5.41, 5.74) is 3.61. The van der Waals surface area contributed by atoms with Crippen LogP contribution in [0.25, 0.3) is 17.0 Å². The van der Waals surface area contributed by atoms with E-state index in [1.807, 2.05) is 53.3 Å². The third-order valence-corrected chi connectivity index (χ3v) is 5.70. The van der Waals surface area contributed by atoms with Crippen LogP contribution in [-0.2, 0) is 6.54 Å². The van der Waals surface area contributed by atoms with Gasteiger partial charge in [0.25, 0.3) is 0 Å². The van der Waals surface area contributed by atoms with Crippen LogP contribution in [-0.4, -0.2) is 62.5 Å². The maximum atomic E-state index is 6.07. The van der Waals surface area contributed by atoms with E-state index in [-0.39, 0.29) is 12.4 Å². The predicted molar refractivity (Wildman–Crippen MR) is 130 cm³/mol. The lowest BCUT2D eigenvalue weighted by atomic mass is 10.2. The van der Waals surface area contributed by atoms with Crippen LogP contribution in [0.2, 0.25) is 5.02 Å². The average molecular weight is 471 g/mol. The minimum atomic E-state index is 0. The van der Waals surface area contributed by atoms with E-state index in [4.69, 9.17) is 16.6 Å². The molecule has 0 aliphatic carbocycles. The van der Waals surface area contributed by atoms with Gasteiger partial charge in [-0.05, 0) is 30.8 Å². The van der Waals surface area contributed by atoms with Gasteiger partial charge < -0.3 is 15.1 Å². The number of fused-ring (bicyclic) bond motifs is 1. The Labute approximate surface area is 197 Å². The molecule has 0 atom stereocenters. The van der Waals surface area contributed by atoms with E-state index < -0.39 is 0 Å². The van der Waals surface area contributed by atoms with Crippen molar-refractivity contribution in [1.29, 1.82) is 0 Å². The van der Waals surface area contributed by atoms with Crippen molar-refractivity contribution in [2.24, 2.45) is 0 Å². The zero-order chi connectivity index (χ0) is 21.2. The molecule has 8 nitrogen and oxygen atoms in total. The Morgan fingerprint density at radius 1 is 1.03 bits per heavy atom. The summed E-state index contributed by atoms with van der Waals surface area (Å²) in [4.78, 5) is 23.0. The zero-order valence-corrected chi connectivity index (χ0v) is 19.2. The van der Waals surface area contributed by atoms with Crippen molar-refractivity contribution in [3.05, 3.63) is 65.7 Å². The van der Waals surface area contributed by atoms with Gasteiger partial charge in [-0.3, -0.25) is 4.40 Å². The van der Waals surface area contributed by atoms with E-state index in [0.29, 0.717) is 17.5 Å². The van der Waals surface area contributed by atoms with E-state index >= 15 is 0 Å². The van der Waals surface area contributed by atoms with Gasteiger partial charge in [0.15, 0.2) is 11.5 Å². The van der Waals surface area contributed by atoms with Crippen molar-refractivity contribution in [3.8, 4) is 11.4 Å². The molecule has 4 heterocycles. The van der Waals surface area contributed by atoms with Crippen LogP contribution in [0.15, 0.2) is 55.1 Å². The lowest BCUT2D eigenvalue weighted by molar-refractivity contribution is 0.312. The SMILES string of the molecule is CN1CCN(c2nccn3c(-c4ccnc(NCc5cccc(Cl)c5)n4)cnc23)CC1.Cl. The maximum Gasteiger partial charge on any atom is 0.223 e. The van der Waals surface area contributed by atoms with Gasteiger partial charge in [-0.15, -0.1) is 12.4 Å². The van der Waals surface area contributed by atoms with Crippen molar-refractivity contribution < 1.29 is 0 Å². The van der Waals surface area contributed by atoms with Crippen molar-refractivity contribution in [2.45, 2.75) is 6.54 Å². The van der Waals surface area contributed by atoms with E-state index in [9.17, 15) is 0 Å². The Hall–Kier alpha value is -2.94. The lowest BCUT2D eigenvalue weighted by Crippen LogP contribution is -2.45. The Bertz CT molecular complexity index is 1200. The molecule has 1 saturated heterocycles. The Kier molecular flexibility index (Phi) is 6.74. The molecule has 0 radical (unpaired) electrons. The van der Waals surface area contributed by atoms with Crippen molar-refractivity contribution >= 4 is 41.4 Å². The minimum Gasteiger partial charge on any atom is -0.351 e. The molecular weight excluding hydrogens is 447 g/mol. The van der Waals surface area contributed by atoms with Gasteiger partial charge in [-0.25, -0.2) is 19.9 Å². The van der Waals surface area contributed by atoms with E-state index in [0.717, 1.165) is 54.6 Å². The van der Waals surface area contributed by atoms with Crippen LogP contribution in [0.4, 0.5) is 11.8 Å². The number of aromatic nitrogens is 5. The van der Waals surface area contributed by atoms with Crippen molar-refractivity contribution in [2.75, 3.05) is 43.4 Å². The first-order chi connectivity index (χ1) is 15.2. The molecule has 0 amide bonds. The summed E-state index contributed by atoms with van der Waals surface area (Å²) >= 11 is 6.07. The number of hydrogen-bond acceptors (Lipinski definition) is 7. The summed E-state index contributed by atoms with van der Waals surface area (Å²) in [6.07, 6.45) is 7.36. The second kappa shape index (κ2) is 9.68. The number of anilines is 2. The fourth-order valence-corrected chi connectivity index (χ4v) is 3.96. The number of benzene rings is 1. The van der Waals surface area contributed by atoms with Crippen LogP contribution in [0, 0.1) is 0 Å². The van der Waals surface area contributed by atoms with Crippen molar-refractivity contribution in [3.63, 3.8) is 0 Å². The van der Waals surface area contributed by atoms with Crippen LogP contribution >= 0.6 is 24.0 Å². The topological polar surface area (TPSA) is 74.5 Å². The van der Waals surface area contributed by atoms with Gasteiger partial charge in [0.05, 0.1) is 17.6 Å². The minimum absolute atomic E-state index is 0. The number of hydrogen-bond donors (Lipinski definition) is 1. The zero-order valence-electron chi connectivity index (χ0n) is 17.6. The quantitative estimate of drug-likeness (QED) is 0.477. The molecule has 4 aromatic rings. The normalized spacial score (nSPS) is 14.4. The van der Waals surface area contributed by atoms with Crippen LogP contribution < -0.4 is 10.2 Å². The molecule has 1 aliphatic rings. The Morgan fingerprint density at radius 3 is 2.69 bits per heavy atom. The summed E-state index contributed by atoms with van der Waals surface area (Å²) in [6, 6.07) is 9.62. The average Bonchev–Trinajstić information content (AvgIpc) is 3.23. The van der Waals surface area contributed by atoms with Crippen LogP contribution in [0.1, 0.15) is 5.56 Å². The number of likely N-dealkylation sites (N-methyl/N-ethyl adjacent to an activating group) is 1. The first-order valence-electron chi connectivity index (χ1n) is 10.2. The van der Waals surface area contributed by atoms with Crippen LogP contribution in [0.3, 0.4) is 0 Å². The predicted octanol–water partition coefficient (Wildman–Crippen LogP) is 3.63. The molecule has 1 aromatic carbocycles. The summed E-state index contributed by atoms with van der Waals surface area (Å²) in [7, 11) is 2.14. The second-order valence-corrected chi connectivity index (χ2v) is 8.06. The van der Waals surface area contributed by atoms with Gasteiger partial charge in [0.1, 0.15) is 0 Å². The molecule has 0 unspecified atom stereocenters. The molecule has 10 heteroatoms. The highest BCUT2D eigenvalue weighted by Gasteiger charge is 2.20. The lowest BCUT2D eigenvalue weighted by Gasteiger charge is -2.33. The Morgan fingerprint density at radius 2 is 1.88 bits per heavy atom. The molecule has 166 valence electrons. The number of nitrogens with zero attached hydrogens (tertiary/aromatic N) is 7. The Balaban J connectivity index is 0.00000245. The first-order valence-corrected chi connectivity index (χ1v) is 10.6. The number of halogens is 2. The second-order valence-electron chi connectivity index (χ2n) is 7.63. The van der Waals surface area contributed by atoms with E-state index in [1.165, 1.54) is 0 Å². The summed E-state index contributed by atoms with van der Waals surface area (Å²) in [6.45, 7) is 4.51. The molecular formula is C22H24Cl2N8. The maximum absolute atomic E-state index is 6.07. The number of piperazine rings is 1. The molecule has 0 spiro atoms. The highest BCUT2D eigenvalue weighted by atomic mass is 35.5. The highest BCUT2D eigenvalue weighted by Crippen LogP contribution is 2.25. The van der Waals surface area contributed by atoms with Crippen molar-refractivity contribution in [1.82, 2.24) is 29.2 Å². The largest absolute Gasteiger partial charge is 0.351 e. The third-order valence-electron chi connectivity index (χ3n) is 5.47. The van der Waals surface area contributed by atoms with Gasteiger partial charge in [-0.2, -0.15) is 0 Å². The number of rotatable bonds is 5. The molecule has 5 rings (SSSR count). The third kappa shape index (κ3) is 4.62. The highest BCUT2D eigenvalue weighted by molar-refractivity contribution is 6.30. The molecule has 0 saturated carbocycles. The molecule has 1 fully saturated rings. The van der Waals surface area contributed by atoms with E-state index in [2.05, 4.69) is 37.1 Å². The van der Waals surface area contributed by atoms with Gasteiger partial charge in [-0.1, -0.05) is 23.7 Å². The fraction of sp³-hybridized carbons (Fsp3) is 0.273. The van der Waals surface area contributed by atoms with E-state index in [1.54, 1.807) is 6.20 Å². The summed E-state index contributed by atoms with van der Waals surface area (Å²) in [5, 5.41) is 3.98. The van der Waals surface area contributed by atoms with Gasteiger partial charge in [0, 0.05) is 56.3 Å². The molecule has 1 N–H and O–H groups in total. The summed E-state index contributed by atoms with van der Waals surface area (Å²) in [5.74, 6) is 1.47. The summed E-state index contributed by atoms with van der Waals surface area (Å²) < 4.78 is 2.05. The fourth-order valence-electron chi connectivity index (χ4n) is 3.75. The molecule has 0 bridgehead atoms. The number of imidazole rings is 1. The smallest absolute Gasteiger partial charge is 0.223 e. The number of nitrogens with one attached hydrogen (secondary N) is 1. The van der Waals surface area contributed by atoms with Gasteiger partial charge in [0.2, 0.25) is 5.95 Å². The molecule has 1 aliphatic heterocycles. The van der Waals surface area contributed by atoms with Crippen LogP contribution in [0.5, 0.6) is 0 Å².